The molecular formula is C19H27N3O3. The fourth-order valence-corrected chi connectivity index (χ4v) is 2.02. The van der Waals surface area contributed by atoms with Gasteiger partial charge in [0.1, 0.15) is 17.4 Å². The van der Waals surface area contributed by atoms with Crippen LogP contribution in [0.2, 0.25) is 0 Å². The lowest BCUT2D eigenvalue weighted by molar-refractivity contribution is -0.117. The highest BCUT2D eigenvalue weighted by molar-refractivity contribution is 5.97. The number of carbonyl (C=O) groups is 1. The molecular weight excluding hydrogens is 318 g/mol. The SMILES string of the molecule is COc1ccc(CCNC(=O)/C(C#N)=C\NCCCOC(C)C)cc1. The number of rotatable bonds is 11. The zero-order chi connectivity index (χ0) is 18.5. The summed E-state index contributed by atoms with van der Waals surface area (Å²) < 4.78 is 10.5. The molecule has 0 spiro atoms. The normalized spacial score (nSPS) is 11.1. The molecule has 136 valence electrons. The van der Waals surface area contributed by atoms with E-state index in [4.69, 9.17) is 14.7 Å². The molecule has 0 radical (unpaired) electrons. The number of carbonyl (C=O) groups excluding carboxylic acids is 1. The predicted molar refractivity (Wildman–Crippen MR) is 97.1 cm³/mol. The Labute approximate surface area is 149 Å². The molecule has 1 amide bonds. The zero-order valence-corrected chi connectivity index (χ0v) is 15.2. The second-order valence-electron chi connectivity index (χ2n) is 5.75. The molecule has 0 unspecified atom stereocenters. The molecule has 0 saturated carbocycles. The molecule has 2 N–H and O–H groups in total. The average molecular weight is 345 g/mol. The molecule has 0 aromatic heterocycles. The molecule has 0 saturated heterocycles. The Kier molecular flexibility index (Phi) is 9.79. The van der Waals surface area contributed by atoms with Crippen molar-refractivity contribution in [1.29, 1.82) is 5.26 Å². The molecule has 0 fully saturated rings. The van der Waals surface area contributed by atoms with Gasteiger partial charge < -0.3 is 20.1 Å². The first-order valence-corrected chi connectivity index (χ1v) is 8.43. The number of nitriles is 1. The number of hydrogen-bond acceptors (Lipinski definition) is 5. The molecule has 1 rings (SSSR count). The van der Waals surface area contributed by atoms with Crippen molar-refractivity contribution in [1.82, 2.24) is 10.6 Å². The topological polar surface area (TPSA) is 83.4 Å². The summed E-state index contributed by atoms with van der Waals surface area (Å²) in [6, 6.07) is 9.58. The van der Waals surface area contributed by atoms with Crippen molar-refractivity contribution in [3.63, 3.8) is 0 Å². The first-order valence-electron chi connectivity index (χ1n) is 8.43. The van der Waals surface area contributed by atoms with Crippen LogP contribution in [0.1, 0.15) is 25.8 Å². The van der Waals surface area contributed by atoms with Crippen LogP contribution in [0.3, 0.4) is 0 Å². The summed E-state index contributed by atoms with van der Waals surface area (Å²) in [6.45, 7) is 5.73. The lowest BCUT2D eigenvalue weighted by Crippen LogP contribution is -2.27. The Balaban J connectivity index is 2.30. The minimum atomic E-state index is -0.373. The molecule has 6 heteroatoms. The van der Waals surface area contributed by atoms with Crippen LogP contribution in [0.25, 0.3) is 0 Å². The van der Waals surface area contributed by atoms with E-state index < -0.39 is 0 Å². The third-order valence-corrected chi connectivity index (χ3v) is 3.39. The Morgan fingerprint density at radius 1 is 1.28 bits per heavy atom. The van der Waals surface area contributed by atoms with Gasteiger partial charge in [-0.1, -0.05) is 12.1 Å². The molecule has 0 heterocycles. The van der Waals surface area contributed by atoms with Gasteiger partial charge in [0.25, 0.3) is 5.91 Å². The maximum atomic E-state index is 12.0. The molecule has 1 aromatic carbocycles. The van der Waals surface area contributed by atoms with Crippen molar-refractivity contribution in [2.75, 3.05) is 26.8 Å². The van der Waals surface area contributed by atoms with E-state index in [1.54, 1.807) is 7.11 Å². The van der Waals surface area contributed by atoms with Gasteiger partial charge in [-0.05, 0) is 44.4 Å². The number of nitrogens with one attached hydrogen (secondary N) is 2. The quantitative estimate of drug-likeness (QED) is 0.365. The van der Waals surface area contributed by atoms with Crippen LogP contribution >= 0.6 is 0 Å². The van der Waals surface area contributed by atoms with E-state index in [2.05, 4.69) is 10.6 Å². The van der Waals surface area contributed by atoms with E-state index in [0.29, 0.717) is 26.1 Å². The fraction of sp³-hybridized carbons (Fsp3) is 0.474. The minimum absolute atomic E-state index is 0.0690. The summed E-state index contributed by atoms with van der Waals surface area (Å²) in [5.41, 5.74) is 1.16. The van der Waals surface area contributed by atoms with Gasteiger partial charge in [-0.25, -0.2) is 0 Å². The Bertz CT molecular complexity index is 589. The zero-order valence-electron chi connectivity index (χ0n) is 15.2. The minimum Gasteiger partial charge on any atom is -0.497 e. The van der Waals surface area contributed by atoms with Gasteiger partial charge in [-0.3, -0.25) is 4.79 Å². The standard InChI is InChI=1S/C19H27N3O3/c1-15(2)25-12-4-10-21-14-17(13-20)19(23)22-11-9-16-5-7-18(24-3)8-6-16/h5-8,14-15,21H,4,9-12H2,1-3H3,(H,22,23)/b17-14-. The summed E-state index contributed by atoms with van der Waals surface area (Å²) in [5.74, 6) is 0.425. The fourth-order valence-electron chi connectivity index (χ4n) is 2.02. The third kappa shape index (κ3) is 8.77. The van der Waals surface area contributed by atoms with Gasteiger partial charge in [0, 0.05) is 25.9 Å². The van der Waals surface area contributed by atoms with Crippen molar-refractivity contribution < 1.29 is 14.3 Å². The van der Waals surface area contributed by atoms with Crippen LogP contribution in [0.4, 0.5) is 0 Å². The van der Waals surface area contributed by atoms with Gasteiger partial charge in [0.05, 0.1) is 13.2 Å². The molecule has 0 aliphatic carbocycles. The number of methoxy groups -OCH3 is 1. The maximum absolute atomic E-state index is 12.0. The second kappa shape index (κ2) is 11.9. The molecule has 0 bridgehead atoms. The third-order valence-electron chi connectivity index (χ3n) is 3.39. The lowest BCUT2D eigenvalue weighted by atomic mass is 10.1. The van der Waals surface area contributed by atoms with Crippen LogP contribution in [0.5, 0.6) is 5.75 Å². The first-order chi connectivity index (χ1) is 12.1. The largest absolute Gasteiger partial charge is 0.497 e. The number of amides is 1. The van der Waals surface area contributed by atoms with Crippen LogP contribution in [0, 0.1) is 11.3 Å². The summed E-state index contributed by atoms with van der Waals surface area (Å²) >= 11 is 0. The average Bonchev–Trinajstić information content (AvgIpc) is 2.61. The maximum Gasteiger partial charge on any atom is 0.263 e. The van der Waals surface area contributed by atoms with Crippen molar-refractivity contribution in [2.24, 2.45) is 0 Å². The highest BCUT2D eigenvalue weighted by Gasteiger charge is 2.07. The Hall–Kier alpha value is -2.52. The van der Waals surface area contributed by atoms with Gasteiger partial charge in [0.2, 0.25) is 0 Å². The van der Waals surface area contributed by atoms with Gasteiger partial charge >= 0.3 is 0 Å². The van der Waals surface area contributed by atoms with Crippen LogP contribution in [-0.4, -0.2) is 38.8 Å². The summed E-state index contributed by atoms with van der Waals surface area (Å²) in [6.07, 6.45) is 3.17. The molecule has 1 aromatic rings. The summed E-state index contributed by atoms with van der Waals surface area (Å²) in [7, 11) is 1.62. The molecule has 0 aliphatic heterocycles. The first kappa shape index (κ1) is 20.5. The van der Waals surface area contributed by atoms with E-state index >= 15 is 0 Å². The van der Waals surface area contributed by atoms with Crippen LogP contribution in [-0.2, 0) is 16.0 Å². The molecule has 0 atom stereocenters. The van der Waals surface area contributed by atoms with E-state index in [1.807, 2.05) is 44.2 Å². The van der Waals surface area contributed by atoms with Crippen molar-refractivity contribution in [2.45, 2.75) is 32.8 Å². The summed E-state index contributed by atoms with van der Waals surface area (Å²) in [5, 5.41) is 14.8. The van der Waals surface area contributed by atoms with Crippen molar-refractivity contribution >= 4 is 5.91 Å². The predicted octanol–water partition coefficient (Wildman–Crippen LogP) is 2.17. The smallest absolute Gasteiger partial charge is 0.263 e. The summed E-state index contributed by atoms with van der Waals surface area (Å²) in [4.78, 5) is 12.0. The number of ether oxygens (including phenoxy) is 2. The van der Waals surface area contributed by atoms with E-state index in [1.165, 1.54) is 6.20 Å². The highest BCUT2D eigenvalue weighted by Crippen LogP contribution is 2.11. The van der Waals surface area contributed by atoms with Crippen molar-refractivity contribution in [3.05, 3.63) is 41.6 Å². The monoisotopic (exact) mass is 345 g/mol. The van der Waals surface area contributed by atoms with E-state index in [0.717, 1.165) is 17.7 Å². The number of nitrogens with zero attached hydrogens (tertiary/aromatic N) is 1. The Morgan fingerprint density at radius 2 is 2.00 bits per heavy atom. The van der Waals surface area contributed by atoms with E-state index in [-0.39, 0.29) is 17.6 Å². The van der Waals surface area contributed by atoms with Crippen molar-refractivity contribution in [3.8, 4) is 11.8 Å². The van der Waals surface area contributed by atoms with Crippen LogP contribution in [0.15, 0.2) is 36.0 Å². The lowest BCUT2D eigenvalue weighted by Gasteiger charge is -2.08. The van der Waals surface area contributed by atoms with Gasteiger partial charge in [0.15, 0.2) is 0 Å². The highest BCUT2D eigenvalue weighted by atomic mass is 16.5. The molecule has 25 heavy (non-hydrogen) atoms. The number of benzene rings is 1. The van der Waals surface area contributed by atoms with Gasteiger partial charge in [-0.15, -0.1) is 0 Å². The Morgan fingerprint density at radius 3 is 2.60 bits per heavy atom. The van der Waals surface area contributed by atoms with Gasteiger partial charge in [-0.2, -0.15) is 5.26 Å². The van der Waals surface area contributed by atoms with E-state index in [9.17, 15) is 4.79 Å². The second-order valence-corrected chi connectivity index (χ2v) is 5.75. The molecule has 0 aliphatic rings. The number of hydrogen-bond donors (Lipinski definition) is 2. The molecule has 6 nitrogen and oxygen atoms in total. The van der Waals surface area contributed by atoms with Crippen LogP contribution < -0.4 is 15.4 Å².